The topological polar surface area (TPSA) is 78.9 Å². The molecule has 0 bridgehead atoms. The van der Waals surface area contributed by atoms with Crippen LogP contribution in [-0.2, 0) is 28.6 Å². The van der Waals surface area contributed by atoms with Gasteiger partial charge in [-0.05, 0) is 25.2 Å². The minimum atomic E-state index is -0.758. The minimum absolute atomic E-state index is 0.0645. The molecule has 1 atom stereocenters. The largest absolute Gasteiger partial charge is 0.462 e. The van der Waals surface area contributed by atoms with E-state index in [-0.39, 0.29) is 31.1 Å². The van der Waals surface area contributed by atoms with Gasteiger partial charge in [0.15, 0.2) is 6.10 Å². The molecule has 0 saturated heterocycles. The zero-order valence-corrected chi connectivity index (χ0v) is 33.9. The van der Waals surface area contributed by atoms with Crippen LogP contribution in [0.15, 0.2) is 0 Å². The van der Waals surface area contributed by atoms with E-state index >= 15 is 0 Å². The van der Waals surface area contributed by atoms with Gasteiger partial charge in [0.2, 0.25) is 0 Å². The molecule has 6 heteroatoms. The fraction of sp³-hybridized carbons (Fsp3) is 0.932. The Kier molecular flexibility index (Phi) is 37.4. The van der Waals surface area contributed by atoms with Crippen molar-refractivity contribution >= 4 is 17.9 Å². The van der Waals surface area contributed by atoms with E-state index in [1.165, 1.54) is 135 Å². The van der Waals surface area contributed by atoms with E-state index in [1.807, 2.05) is 0 Å². The van der Waals surface area contributed by atoms with Crippen molar-refractivity contribution in [3.63, 3.8) is 0 Å². The van der Waals surface area contributed by atoms with Crippen molar-refractivity contribution in [3.8, 4) is 0 Å². The van der Waals surface area contributed by atoms with E-state index in [0.717, 1.165) is 63.7 Å². The first kappa shape index (κ1) is 48.4. The normalized spacial score (nSPS) is 11.9. The number of ether oxygens (including phenoxy) is 3. The van der Waals surface area contributed by atoms with Crippen molar-refractivity contribution in [3.05, 3.63) is 0 Å². The van der Waals surface area contributed by atoms with E-state index in [4.69, 9.17) is 14.2 Å². The number of rotatable bonds is 39. The van der Waals surface area contributed by atoms with Crippen LogP contribution in [0.4, 0.5) is 0 Å². The fourth-order valence-corrected chi connectivity index (χ4v) is 6.45. The molecular weight excluding hydrogens is 624 g/mol. The predicted molar refractivity (Wildman–Crippen MR) is 210 cm³/mol. The van der Waals surface area contributed by atoms with Crippen LogP contribution in [0.1, 0.15) is 240 Å². The molecule has 0 aliphatic rings. The lowest BCUT2D eigenvalue weighted by molar-refractivity contribution is -0.167. The highest BCUT2D eigenvalue weighted by Gasteiger charge is 2.19. The number of unbranched alkanes of at least 4 members (excludes halogenated alkanes) is 26. The van der Waals surface area contributed by atoms with E-state index in [2.05, 4.69) is 27.7 Å². The maximum atomic E-state index is 12.6. The highest BCUT2D eigenvalue weighted by Crippen LogP contribution is 2.15. The summed E-state index contributed by atoms with van der Waals surface area (Å²) in [6, 6.07) is 0. The lowest BCUT2D eigenvalue weighted by Crippen LogP contribution is -2.30. The van der Waals surface area contributed by atoms with Gasteiger partial charge < -0.3 is 14.2 Å². The molecule has 6 nitrogen and oxygen atoms in total. The van der Waals surface area contributed by atoms with E-state index < -0.39 is 6.10 Å². The maximum absolute atomic E-state index is 12.6. The van der Waals surface area contributed by atoms with Crippen molar-refractivity contribution in [2.45, 2.75) is 246 Å². The average Bonchev–Trinajstić information content (AvgIpc) is 3.09. The summed E-state index contributed by atoms with van der Waals surface area (Å²) in [6.45, 7) is 8.92. The number of carbonyl (C=O) groups is 3. The van der Waals surface area contributed by atoms with Gasteiger partial charge in [0.05, 0.1) is 0 Å². The molecule has 0 spiro atoms. The molecule has 0 aliphatic carbocycles. The van der Waals surface area contributed by atoms with Crippen molar-refractivity contribution in [1.29, 1.82) is 0 Å². The monoisotopic (exact) mass is 709 g/mol. The standard InChI is InChI=1S/C44H84O6/c1-5-7-9-11-13-15-17-18-20-23-27-31-35-42(45)48-38-41(50-44(47)37-33-29-24-19-16-14-12-10-8-6-2)39-49-43(46)36-32-28-25-21-22-26-30-34-40(3)4/h40-41H,5-39H2,1-4H3/t41-/m0/s1. The molecule has 0 fully saturated rings. The van der Waals surface area contributed by atoms with E-state index in [9.17, 15) is 14.4 Å². The Balaban J connectivity index is 4.33. The molecule has 0 aromatic carbocycles. The van der Waals surface area contributed by atoms with Gasteiger partial charge in [-0.1, -0.05) is 201 Å². The second kappa shape index (κ2) is 38.6. The molecule has 0 radical (unpaired) electrons. The number of hydrogen-bond donors (Lipinski definition) is 0. The third-order valence-electron chi connectivity index (χ3n) is 9.79. The molecule has 296 valence electrons. The van der Waals surface area contributed by atoms with Crippen LogP contribution in [0, 0.1) is 5.92 Å². The summed E-state index contributed by atoms with van der Waals surface area (Å²) in [5.41, 5.74) is 0. The van der Waals surface area contributed by atoms with Gasteiger partial charge in [-0.2, -0.15) is 0 Å². The molecule has 0 N–H and O–H groups in total. The summed E-state index contributed by atoms with van der Waals surface area (Å²) < 4.78 is 16.7. The molecule has 0 rings (SSSR count). The smallest absolute Gasteiger partial charge is 0.306 e. The van der Waals surface area contributed by atoms with Gasteiger partial charge in [0, 0.05) is 19.3 Å². The van der Waals surface area contributed by atoms with Crippen LogP contribution in [0.2, 0.25) is 0 Å². The fourth-order valence-electron chi connectivity index (χ4n) is 6.45. The Bertz CT molecular complexity index is 751. The van der Waals surface area contributed by atoms with Crippen LogP contribution >= 0.6 is 0 Å². The molecule has 0 aromatic heterocycles. The Hall–Kier alpha value is -1.59. The average molecular weight is 709 g/mol. The number of carbonyl (C=O) groups excluding carboxylic acids is 3. The Morgan fingerprint density at radius 1 is 0.380 bits per heavy atom. The van der Waals surface area contributed by atoms with Gasteiger partial charge in [-0.25, -0.2) is 0 Å². The third kappa shape index (κ3) is 37.7. The highest BCUT2D eigenvalue weighted by atomic mass is 16.6. The molecule has 0 unspecified atom stereocenters. The first-order chi connectivity index (χ1) is 24.4. The molecule has 0 aliphatic heterocycles. The third-order valence-corrected chi connectivity index (χ3v) is 9.79. The van der Waals surface area contributed by atoms with Crippen molar-refractivity contribution in [1.82, 2.24) is 0 Å². The maximum Gasteiger partial charge on any atom is 0.306 e. The van der Waals surface area contributed by atoms with Crippen molar-refractivity contribution in [2.24, 2.45) is 5.92 Å². The van der Waals surface area contributed by atoms with E-state index in [0.29, 0.717) is 19.3 Å². The first-order valence-electron chi connectivity index (χ1n) is 21.9. The molecular formula is C44H84O6. The van der Waals surface area contributed by atoms with Crippen LogP contribution in [0.5, 0.6) is 0 Å². The minimum Gasteiger partial charge on any atom is -0.462 e. The SMILES string of the molecule is CCCCCCCCCCCCCCC(=O)OC[C@@H](COC(=O)CCCCCCCCCC(C)C)OC(=O)CCCCCCCCCCCC. The Labute approximate surface area is 310 Å². The molecule has 0 aromatic rings. The van der Waals surface area contributed by atoms with Crippen LogP contribution in [0.3, 0.4) is 0 Å². The Morgan fingerprint density at radius 3 is 0.980 bits per heavy atom. The number of hydrogen-bond acceptors (Lipinski definition) is 6. The van der Waals surface area contributed by atoms with Gasteiger partial charge in [0.25, 0.3) is 0 Å². The first-order valence-corrected chi connectivity index (χ1v) is 21.9. The summed E-state index contributed by atoms with van der Waals surface area (Å²) in [5.74, 6) is -0.0790. The summed E-state index contributed by atoms with van der Waals surface area (Å²) in [5, 5.41) is 0. The zero-order valence-electron chi connectivity index (χ0n) is 33.9. The summed E-state index contributed by atoms with van der Waals surface area (Å²) in [6.07, 6.45) is 36.6. The summed E-state index contributed by atoms with van der Waals surface area (Å²) in [7, 11) is 0. The van der Waals surface area contributed by atoms with Crippen LogP contribution in [0.25, 0.3) is 0 Å². The lowest BCUT2D eigenvalue weighted by atomic mass is 10.0. The van der Waals surface area contributed by atoms with E-state index in [1.54, 1.807) is 0 Å². The molecule has 0 amide bonds. The molecule has 0 heterocycles. The van der Waals surface area contributed by atoms with Crippen LogP contribution < -0.4 is 0 Å². The van der Waals surface area contributed by atoms with Crippen molar-refractivity contribution < 1.29 is 28.6 Å². The zero-order chi connectivity index (χ0) is 36.8. The predicted octanol–water partition coefficient (Wildman–Crippen LogP) is 13.6. The van der Waals surface area contributed by atoms with Gasteiger partial charge in [-0.15, -0.1) is 0 Å². The lowest BCUT2D eigenvalue weighted by Gasteiger charge is -2.18. The number of esters is 3. The molecule has 0 saturated carbocycles. The van der Waals surface area contributed by atoms with Gasteiger partial charge in [0.1, 0.15) is 13.2 Å². The second-order valence-corrected chi connectivity index (χ2v) is 15.5. The summed E-state index contributed by atoms with van der Waals surface area (Å²) >= 11 is 0. The Morgan fingerprint density at radius 2 is 0.660 bits per heavy atom. The van der Waals surface area contributed by atoms with Gasteiger partial charge >= 0.3 is 17.9 Å². The van der Waals surface area contributed by atoms with Crippen molar-refractivity contribution in [2.75, 3.05) is 13.2 Å². The van der Waals surface area contributed by atoms with Gasteiger partial charge in [-0.3, -0.25) is 14.4 Å². The second-order valence-electron chi connectivity index (χ2n) is 15.5. The van der Waals surface area contributed by atoms with Crippen LogP contribution in [-0.4, -0.2) is 37.2 Å². The highest BCUT2D eigenvalue weighted by molar-refractivity contribution is 5.71. The molecule has 50 heavy (non-hydrogen) atoms. The summed E-state index contributed by atoms with van der Waals surface area (Å²) in [4.78, 5) is 37.6. The quantitative estimate of drug-likeness (QED) is 0.0359.